The Hall–Kier alpha value is -0.0400. The second-order valence-electron chi connectivity index (χ2n) is 2.79. The smallest absolute Gasteiger partial charge is 0.0128 e. The maximum atomic E-state index is 3.44. The van der Waals surface area contributed by atoms with Crippen LogP contribution in [0.25, 0.3) is 0 Å². The number of nitrogens with one attached hydrogen (secondary N) is 1. The summed E-state index contributed by atoms with van der Waals surface area (Å²) in [5.41, 5.74) is 0. The first-order chi connectivity index (χ1) is 3.39. The third-order valence-corrected chi connectivity index (χ3v) is 2.42. The summed E-state index contributed by atoms with van der Waals surface area (Å²) >= 11 is 0. The minimum Gasteiger partial charge on any atom is -0.313 e. The van der Waals surface area contributed by atoms with Gasteiger partial charge < -0.3 is 5.32 Å². The summed E-state index contributed by atoms with van der Waals surface area (Å²) in [6, 6.07) is 0.931. The molecule has 1 nitrogen and oxygen atoms in total. The van der Waals surface area contributed by atoms with Gasteiger partial charge >= 0.3 is 0 Å². The van der Waals surface area contributed by atoms with Crippen molar-refractivity contribution in [3.05, 3.63) is 0 Å². The summed E-state index contributed by atoms with van der Waals surface area (Å²) in [6.45, 7) is 3.61. The first kappa shape index (κ1) is 3.90. The van der Waals surface area contributed by atoms with E-state index in [0.717, 1.165) is 17.9 Å². The Morgan fingerprint density at radius 3 is 2.71 bits per heavy atom. The van der Waals surface area contributed by atoms with Crippen molar-refractivity contribution in [2.75, 3.05) is 6.54 Å². The van der Waals surface area contributed by atoms with Crippen molar-refractivity contribution in [3.63, 3.8) is 0 Å². The monoisotopic (exact) mass is 97.1 g/mol. The van der Waals surface area contributed by atoms with E-state index in [4.69, 9.17) is 0 Å². The Morgan fingerprint density at radius 2 is 2.43 bits per heavy atom. The molecule has 0 bridgehead atoms. The standard InChI is InChI=1S/C6H11N/c1-4-5-2-3-7-6(4)5/h4-7H,2-3H2,1H3. The van der Waals surface area contributed by atoms with Crippen LogP contribution < -0.4 is 5.32 Å². The Kier molecular flexibility index (Phi) is 0.571. The molecule has 1 saturated carbocycles. The van der Waals surface area contributed by atoms with Crippen LogP contribution in [0.5, 0.6) is 0 Å². The van der Waals surface area contributed by atoms with Crippen molar-refractivity contribution in [1.29, 1.82) is 0 Å². The van der Waals surface area contributed by atoms with Crippen LogP contribution in [-0.4, -0.2) is 12.6 Å². The highest BCUT2D eigenvalue weighted by Crippen LogP contribution is 2.44. The minimum absolute atomic E-state index is 0.931. The molecule has 40 valence electrons. The molecule has 1 aliphatic carbocycles. The van der Waals surface area contributed by atoms with Gasteiger partial charge in [0.2, 0.25) is 0 Å². The highest BCUT2D eigenvalue weighted by molar-refractivity contribution is 5.04. The molecule has 1 heteroatoms. The molecule has 0 aromatic rings. The zero-order chi connectivity index (χ0) is 4.85. The first-order valence-electron chi connectivity index (χ1n) is 3.13. The van der Waals surface area contributed by atoms with Crippen LogP contribution >= 0.6 is 0 Å². The van der Waals surface area contributed by atoms with Gasteiger partial charge in [-0.3, -0.25) is 0 Å². The lowest BCUT2D eigenvalue weighted by Crippen LogP contribution is -2.13. The fourth-order valence-electron chi connectivity index (χ4n) is 1.74. The normalized spacial score (nSPS) is 57.0. The van der Waals surface area contributed by atoms with Crippen LogP contribution in [0.1, 0.15) is 13.3 Å². The predicted octanol–water partition coefficient (Wildman–Crippen LogP) is 0.614. The fourth-order valence-corrected chi connectivity index (χ4v) is 1.74. The quantitative estimate of drug-likeness (QED) is 0.467. The molecule has 0 radical (unpaired) electrons. The average molecular weight is 97.2 g/mol. The van der Waals surface area contributed by atoms with Crippen LogP contribution in [-0.2, 0) is 0 Å². The van der Waals surface area contributed by atoms with Crippen molar-refractivity contribution >= 4 is 0 Å². The summed E-state index contributed by atoms with van der Waals surface area (Å²) in [5, 5.41) is 3.44. The third-order valence-electron chi connectivity index (χ3n) is 2.42. The zero-order valence-electron chi connectivity index (χ0n) is 4.65. The van der Waals surface area contributed by atoms with E-state index in [1.807, 2.05) is 0 Å². The SMILES string of the molecule is CC1C2CCNC12. The molecular formula is C6H11N. The van der Waals surface area contributed by atoms with E-state index in [2.05, 4.69) is 12.2 Å². The molecule has 7 heavy (non-hydrogen) atoms. The van der Waals surface area contributed by atoms with E-state index in [9.17, 15) is 0 Å². The van der Waals surface area contributed by atoms with Gasteiger partial charge in [0, 0.05) is 6.04 Å². The molecule has 3 unspecified atom stereocenters. The molecule has 2 fully saturated rings. The summed E-state index contributed by atoms with van der Waals surface area (Å²) in [6.07, 6.45) is 1.44. The largest absolute Gasteiger partial charge is 0.313 e. The fraction of sp³-hybridized carbons (Fsp3) is 1.00. The zero-order valence-corrected chi connectivity index (χ0v) is 4.65. The highest BCUT2D eigenvalue weighted by Gasteiger charge is 2.49. The van der Waals surface area contributed by atoms with Gasteiger partial charge in [-0.05, 0) is 24.8 Å². The lowest BCUT2D eigenvalue weighted by molar-refractivity contribution is 0.639. The van der Waals surface area contributed by atoms with Crippen molar-refractivity contribution < 1.29 is 0 Å². The van der Waals surface area contributed by atoms with Crippen LogP contribution in [0.2, 0.25) is 0 Å². The van der Waals surface area contributed by atoms with Crippen LogP contribution in [0.3, 0.4) is 0 Å². The number of hydrogen-bond acceptors (Lipinski definition) is 1. The summed E-state index contributed by atoms with van der Waals surface area (Å²) in [4.78, 5) is 0. The lowest BCUT2D eigenvalue weighted by atomic mass is 10.3. The molecule has 0 amide bonds. The Labute approximate surface area is 44.1 Å². The maximum Gasteiger partial charge on any atom is 0.0128 e. The van der Waals surface area contributed by atoms with Gasteiger partial charge in [-0.2, -0.15) is 0 Å². The van der Waals surface area contributed by atoms with E-state index in [-0.39, 0.29) is 0 Å². The Bertz CT molecular complexity index is 80.2. The first-order valence-corrected chi connectivity index (χ1v) is 3.13. The average Bonchev–Trinajstić information content (AvgIpc) is 2.26. The van der Waals surface area contributed by atoms with Crippen molar-refractivity contribution in [1.82, 2.24) is 5.32 Å². The lowest BCUT2D eigenvalue weighted by Gasteiger charge is -1.92. The molecule has 1 N–H and O–H groups in total. The molecule has 3 atom stereocenters. The summed E-state index contributed by atoms with van der Waals surface area (Å²) in [5.74, 6) is 2.08. The van der Waals surface area contributed by atoms with Gasteiger partial charge in [0.1, 0.15) is 0 Å². The molecule has 2 rings (SSSR count). The van der Waals surface area contributed by atoms with E-state index in [0.29, 0.717) is 0 Å². The van der Waals surface area contributed by atoms with Gasteiger partial charge in [0.25, 0.3) is 0 Å². The molecule has 0 aromatic heterocycles. The summed E-state index contributed by atoms with van der Waals surface area (Å²) < 4.78 is 0. The minimum atomic E-state index is 0.931. The van der Waals surface area contributed by atoms with Crippen molar-refractivity contribution in [3.8, 4) is 0 Å². The second-order valence-corrected chi connectivity index (χ2v) is 2.79. The van der Waals surface area contributed by atoms with Crippen molar-refractivity contribution in [2.24, 2.45) is 11.8 Å². The number of hydrogen-bond donors (Lipinski definition) is 1. The number of piperidine rings is 1. The number of rotatable bonds is 0. The van der Waals surface area contributed by atoms with E-state index in [1.54, 1.807) is 0 Å². The van der Waals surface area contributed by atoms with E-state index < -0.39 is 0 Å². The van der Waals surface area contributed by atoms with Crippen molar-refractivity contribution in [2.45, 2.75) is 19.4 Å². The molecule has 0 aromatic carbocycles. The van der Waals surface area contributed by atoms with E-state index in [1.165, 1.54) is 13.0 Å². The van der Waals surface area contributed by atoms with Crippen LogP contribution in [0.4, 0.5) is 0 Å². The van der Waals surface area contributed by atoms with Crippen LogP contribution in [0, 0.1) is 11.8 Å². The molecule has 1 saturated heterocycles. The number of fused-ring (bicyclic) bond motifs is 1. The predicted molar refractivity (Wildman–Crippen MR) is 29.1 cm³/mol. The molecular weight excluding hydrogens is 86.1 g/mol. The van der Waals surface area contributed by atoms with Gasteiger partial charge in [-0.1, -0.05) is 6.92 Å². The second kappa shape index (κ2) is 1.03. The molecule has 0 spiro atoms. The Balaban J connectivity index is 2.06. The van der Waals surface area contributed by atoms with Crippen LogP contribution in [0.15, 0.2) is 0 Å². The highest BCUT2D eigenvalue weighted by atomic mass is 15.0. The van der Waals surface area contributed by atoms with Gasteiger partial charge in [-0.15, -0.1) is 0 Å². The summed E-state index contributed by atoms with van der Waals surface area (Å²) in [7, 11) is 0. The molecule has 1 heterocycles. The maximum absolute atomic E-state index is 3.44. The molecule has 2 aliphatic rings. The topological polar surface area (TPSA) is 12.0 Å². The third kappa shape index (κ3) is 0.367. The van der Waals surface area contributed by atoms with Gasteiger partial charge in [-0.25, -0.2) is 0 Å². The van der Waals surface area contributed by atoms with E-state index >= 15 is 0 Å². The van der Waals surface area contributed by atoms with Gasteiger partial charge in [0.05, 0.1) is 0 Å². The van der Waals surface area contributed by atoms with Gasteiger partial charge in [0.15, 0.2) is 0 Å². The Morgan fingerprint density at radius 1 is 1.57 bits per heavy atom. The molecule has 1 aliphatic heterocycles.